The fraction of sp³-hybridized carbons (Fsp3) is 0.125. The number of nitrogens with one attached hydrogen (secondary N) is 1. The Bertz CT molecular complexity index is 396. The SMILES string of the molecule is Cc1noc(Nc2cccs2)c1Cl. The standard InChI is InChI=1S/C8H7ClN2OS/c1-5-7(9)8(12-11-5)10-6-3-2-4-13-6/h2-4,10H,1H3. The Morgan fingerprint density at radius 1 is 1.62 bits per heavy atom. The molecule has 2 aromatic heterocycles. The zero-order chi connectivity index (χ0) is 9.26. The molecule has 0 aliphatic carbocycles. The highest BCUT2D eigenvalue weighted by Gasteiger charge is 2.10. The molecule has 0 unspecified atom stereocenters. The van der Waals surface area contributed by atoms with E-state index >= 15 is 0 Å². The Kier molecular flexibility index (Phi) is 2.24. The number of aryl methyl sites for hydroxylation is 1. The van der Waals surface area contributed by atoms with E-state index in [4.69, 9.17) is 16.1 Å². The molecule has 1 N–H and O–H groups in total. The third-order valence-electron chi connectivity index (χ3n) is 1.55. The molecule has 2 heterocycles. The molecule has 0 amide bonds. The minimum Gasteiger partial charge on any atom is -0.337 e. The van der Waals surface area contributed by atoms with Crippen molar-refractivity contribution in [2.24, 2.45) is 0 Å². The maximum atomic E-state index is 5.91. The topological polar surface area (TPSA) is 38.1 Å². The molecule has 68 valence electrons. The number of anilines is 2. The monoisotopic (exact) mass is 214 g/mol. The van der Waals surface area contributed by atoms with E-state index in [0.29, 0.717) is 16.6 Å². The van der Waals surface area contributed by atoms with Gasteiger partial charge in [-0.15, -0.1) is 11.3 Å². The van der Waals surface area contributed by atoms with Crippen LogP contribution in [0.15, 0.2) is 22.0 Å². The summed E-state index contributed by atoms with van der Waals surface area (Å²) in [5, 5.41) is 10.3. The van der Waals surface area contributed by atoms with Crippen LogP contribution in [-0.2, 0) is 0 Å². The Labute approximate surface area is 84.3 Å². The molecule has 3 nitrogen and oxygen atoms in total. The largest absolute Gasteiger partial charge is 0.337 e. The molecular formula is C8H7ClN2OS. The fourth-order valence-corrected chi connectivity index (χ4v) is 1.63. The zero-order valence-corrected chi connectivity index (χ0v) is 8.45. The molecule has 0 saturated carbocycles. The summed E-state index contributed by atoms with van der Waals surface area (Å²) in [4.78, 5) is 0. The number of hydrogen-bond acceptors (Lipinski definition) is 4. The second kappa shape index (κ2) is 3.40. The van der Waals surface area contributed by atoms with E-state index in [1.807, 2.05) is 17.5 Å². The lowest BCUT2D eigenvalue weighted by Gasteiger charge is -1.96. The summed E-state index contributed by atoms with van der Waals surface area (Å²) in [7, 11) is 0. The van der Waals surface area contributed by atoms with Gasteiger partial charge in [-0.05, 0) is 24.4 Å². The van der Waals surface area contributed by atoms with E-state index in [2.05, 4.69) is 10.5 Å². The Morgan fingerprint density at radius 3 is 3.00 bits per heavy atom. The quantitative estimate of drug-likeness (QED) is 0.832. The van der Waals surface area contributed by atoms with Gasteiger partial charge in [0, 0.05) is 0 Å². The molecule has 0 aliphatic heterocycles. The van der Waals surface area contributed by atoms with E-state index in [0.717, 1.165) is 5.00 Å². The zero-order valence-electron chi connectivity index (χ0n) is 6.87. The van der Waals surface area contributed by atoms with Crippen molar-refractivity contribution >= 4 is 33.8 Å². The molecule has 2 aromatic rings. The predicted molar refractivity (Wildman–Crippen MR) is 53.9 cm³/mol. The predicted octanol–water partition coefficient (Wildman–Crippen LogP) is 3.44. The molecule has 0 aromatic carbocycles. The van der Waals surface area contributed by atoms with Crippen molar-refractivity contribution in [2.75, 3.05) is 5.32 Å². The number of nitrogens with zero attached hydrogens (tertiary/aromatic N) is 1. The first-order chi connectivity index (χ1) is 6.27. The Morgan fingerprint density at radius 2 is 2.46 bits per heavy atom. The Balaban J connectivity index is 2.24. The number of rotatable bonds is 2. The van der Waals surface area contributed by atoms with E-state index in [1.165, 1.54) is 0 Å². The molecule has 0 radical (unpaired) electrons. The molecule has 0 saturated heterocycles. The molecule has 13 heavy (non-hydrogen) atoms. The van der Waals surface area contributed by atoms with Crippen molar-refractivity contribution in [3.05, 3.63) is 28.2 Å². The van der Waals surface area contributed by atoms with E-state index in [-0.39, 0.29) is 0 Å². The summed E-state index contributed by atoms with van der Waals surface area (Å²) in [5.41, 5.74) is 0.695. The molecule has 5 heteroatoms. The molecule has 0 bridgehead atoms. The van der Waals surface area contributed by atoms with Gasteiger partial charge >= 0.3 is 0 Å². The lowest BCUT2D eigenvalue weighted by Crippen LogP contribution is -1.84. The Hall–Kier alpha value is -1.00. The van der Waals surface area contributed by atoms with Crippen molar-refractivity contribution in [2.45, 2.75) is 6.92 Å². The summed E-state index contributed by atoms with van der Waals surface area (Å²) in [5.74, 6) is 0.501. The third-order valence-corrected chi connectivity index (χ3v) is 2.78. The van der Waals surface area contributed by atoms with Gasteiger partial charge in [0.25, 0.3) is 0 Å². The van der Waals surface area contributed by atoms with E-state index < -0.39 is 0 Å². The minimum absolute atomic E-state index is 0.501. The van der Waals surface area contributed by atoms with Crippen molar-refractivity contribution in [1.29, 1.82) is 0 Å². The van der Waals surface area contributed by atoms with Crippen LogP contribution in [0.2, 0.25) is 5.02 Å². The highest BCUT2D eigenvalue weighted by molar-refractivity contribution is 7.14. The average Bonchev–Trinajstić information content (AvgIpc) is 2.71. The second-order valence-corrected chi connectivity index (χ2v) is 3.84. The minimum atomic E-state index is 0.501. The van der Waals surface area contributed by atoms with Gasteiger partial charge in [-0.25, -0.2) is 0 Å². The van der Waals surface area contributed by atoms with Crippen LogP contribution >= 0.6 is 22.9 Å². The molecular weight excluding hydrogens is 208 g/mol. The van der Waals surface area contributed by atoms with Crippen molar-refractivity contribution in [3.63, 3.8) is 0 Å². The number of halogens is 1. The van der Waals surface area contributed by atoms with Crippen LogP contribution < -0.4 is 5.32 Å². The van der Waals surface area contributed by atoms with Gasteiger partial charge in [0.15, 0.2) is 0 Å². The van der Waals surface area contributed by atoms with Gasteiger partial charge in [0.1, 0.15) is 10.7 Å². The molecule has 0 atom stereocenters. The number of thiophene rings is 1. The molecule has 0 spiro atoms. The van der Waals surface area contributed by atoms with Gasteiger partial charge in [0.2, 0.25) is 5.88 Å². The van der Waals surface area contributed by atoms with Crippen LogP contribution in [0.5, 0.6) is 0 Å². The van der Waals surface area contributed by atoms with E-state index in [9.17, 15) is 0 Å². The lowest BCUT2D eigenvalue weighted by molar-refractivity contribution is 0.430. The first-order valence-corrected chi connectivity index (χ1v) is 4.95. The fourth-order valence-electron chi connectivity index (χ4n) is 0.898. The van der Waals surface area contributed by atoms with Gasteiger partial charge in [0.05, 0.1) is 5.00 Å². The first kappa shape index (κ1) is 8.59. The van der Waals surface area contributed by atoms with Crippen LogP contribution in [0.4, 0.5) is 10.9 Å². The lowest BCUT2D eigenvalue weighted by atomic mass is 10.5. The second-order valence-electron chi connectivity index (χ2n) is 2.51. The summed E-state index contributed by atoms with van der Waals surface area (Å²) < 4.78 is 4.98. The van der Waals surface area contributed by atoms with Crippen molar-refractivity contribution in [1.82, 2.24) is 5.16 Å². The third kappa shape index (κ3) is 1.68. The molecule has 2 rings (SSSR count). The normalized spacial score (nSPS) is 10.3. The van der Waals surface area contributed by atoms with Crippen molar-refractivity contribution < 1.29 is 4.52 Å². The van der Waals surface area contributed by atoms with Gasteiger partial charge in [-0.2, -0.15) is 0 Å². The van der Waals surface area contributed by atoms with Crippen molar-refractivity contribution in [3.8, 4) is 0 Å². The van der Waals surface area contributed by atoms with Crippen LogP contribution in [0.3, 0.4) is 0 Å². The molecule has 0 aliphatic rings. The summed E-state index contributed by atoms with van der Waals surface area (Å²) in [6, 6.07) is 3.89. The maximum absolute atomic E-state index is 5.91. The highest BCUT2D eigenvalue weighted by Crippen LogP contribution is 2.29. The molecule has 0 fully saturated rings. The highest BCUT2D eigenvalue weighted by atomic mass is 35.5. The average molecular weight is 215 g/mol. The van der Waals surface area contributed by atoms with Crippen LogP contribution in [0.1, 0.15) is 5.69 Å². The maximum Gasteiger partial charge on any atom is 0.248 e. The number of aromatic nitrogens is 1. The smallest absolute Gasteiger partial charge is 0.248 e. The van der Waals surface area contributed by atoms with Crippen LogP contribution in [0, 0.1) is 6.92 Å². The number of hydrogen-bond donors (Lipinski definition) is 1. The van der Waals surface area contributed by atoms with Gasteiger partial charge in [-0.1, -0.05) is 16.8 Å². The summed E-state index contributed by atoms with van der Waals surface area (Å²) >= 11 is 7.49. The van der Waals surface area contributed by atoms with Crippen LogP contribution in [0.25, 0.3) is 0 Å². The van der Waals surface area contributed by atoms with Gasteiger partial charge in [-0.3, -0.25) is 0 Å². The van der Waals surface area contributed by atoms with Crippen LogP contribution in [-0.4, -0.2) is 5.16 Å². The first-order valence-electron chi connectivity index (χ1n) is 3.69. The van der Waals surface area contributed by atoms with Gasteiger partial charge < -0.3 is 9.84 Å². The van der Waals surface area contributed by atoms with E-state index in [1.54, 1.807) is 18.3 Å². The summed E-state index contributed by atoms with van der Waals surface area (Å²) in [6.07, 6.45) is 0. The summed E-state index contributed by atoms with van der Waals surface area (Å²) in [6.45, 7) is 1.80.